The number of rotatable bonds is 4. The lowest BCUT2D eigenvalue weighted by Crippen LogP contribution is -2.27. The number of hydrogen-bond acceptors (Lipinski definition) is 5. The summed E-state index contributed by atoms with van der Waals surface area (Å²) >= 11 is 0.944. The van der Waals surface area contributed by atoms with Crippen LogP contribution in [0.5, 0.6) is 5.75 Å². The van der Waals surface area contributed by atoms with Crippen LogP contribution in [0.4, 0.5) is 4.79 Å². The number of nitrogens with zero attached hydrogens (tertiary/aromatic N) is 2. The first kappa shape index (κ1) is 14.2. The molecular weight excluding hydrogens is 276 g/mol. The largest absolute Gasteiger partial charge is 0.479 e. The van der Waals surface area contributed by atoms with E-state index in [0.717, 1.165) is 17.3 Å². The van der Waals surface area contributed by atoms with E-state index in [9.17, 15) is 9.59 Å². The molecule has 1 aliphatic rings. The average molecular weight is 288 g/mol. The van der Waals surface area contributed by atoms with E-state index in [4.69, 9.17) is 10.00 Å². The molecule has 2 amide bonds. The van der Waals surface area contributed by atoms with Gasteiger partial charge >= 0.3 is 0 Å². The van der Waals surface area contributed by atoms with Crippen molar-refractivity contribution >= 4 is 29.0 Å². The maximum atomic E-state index is 11.9. The van der Waals surface area contributed by atoms with E-state index in [-0.39, 0.29) is 17.8 Å². The van der Waals surface area contributed by atoms with Gasteiger partial charge in [0.25, 0.3) is 11.1 Å². The first-order chi connectivity index (χ1) is 9.65. The number of carbonyl (C=O) groups is 2. The normalized spacial score (nSPS) is 16.6. The lowest BCUT2D eigenvalue weighted by atomic mass is 10.2. The van der Waals surface area contributed by atoms with Crippen molar-refractivity contribution in [1.29, 1.82) is 5.26 Å². The second kappa shape index (κ2) is 6.26. The van der Waals surface area contributed by atoms with Gasteiger partial charge in [-0.25, -0.2) is 0 Å². The zero-order chi connectivity index (χ0) is 14.5. The van der Waals surface area contributed by atoms with Gasteiger partial charge in [-0.2, -0.15) is 5.26 Å². The van der Waals surface area contributed by atoms with Gasteiger partial charge in [0.2, 0.25) is 0 Å². The Bertz CT molecular complexity index is 602. The van der Waals surface area contributed by atoms with Gasteiger partial charge in [-0.15, -0.1) is 0 Å². The molecule has 1 heterocycles. The van der Waals surface area contributed by atoms with Crippen molar-refractivity contribution in [3.63, 3.8) is 0 Å². The molecule has 0 aromatic heterocycles. The number of carbonyl (C=O) groups excluding carboxylic acids is 2. The Morgan fingerprint density at radius 2 is 2.05 bits per heavy atom. The SMILES string of the molecule is CCN1C(=O)S/C(=C\c2ccc(OCC#N)cc2)C1=O. The second-order valence-electron chi connectivity index (χ2n) is 3.94. The Hall–Kier alpha value is -2.26. The number of benzene rings is 1. The number of hydrogen-bond donors (Lipinski definition) is 0. The lowest BCUT2D eigenvalue weighted by molar-refractivity contribution is -0.122. The Labute approximate surface area is 120 Å². The van der Waals surface area contributed by atoms with Crippen molar-refractivity contribution in [2.45, 2.75) is 6.92 Å². The van der Waals surface area contributed by atoms with E-state index in [2.05, 4.69) is 0 Å². The van der Waals surface area contributed by atoms with E-state index in [0.29, 0.717) is 17.2 Å². The molecule has 0 spiro atoms. The lowest BCUT2D eigenvalue weighted by Gasteiger charge is -2.07. The third-order valence-corrected chi connectivity index (χ3v) is 3.58. The molecule has 0 radical (unpaired) electrons. The molecule has 0 unspecified atom stereocenters. The second-order valence-corrected chi connectivity index (χ2v) is 4.93. The topological polar surface area (TPSA) is 70.4 Å². The van der Waals surface area contributed by atoms with Gasteiger partial charge in [-0.1, -0.05) is 12.1 Å². The zero-order valence-electron chi connectivity index (χ0n) is 10.8. The minimum Gasteiger partial charge on any atom is -0.479 e. The van der Waals surface area contributed by atoms with Crippen molar-refractivity contribution in [1.82, 2.24) is 4.90 Å². The molecular formula is C14H12N2O3S. The fourth-order valence-electron chi connectivity index (χ4n) is 1.70. The molecule has 0 bridgehead atoms. The van der Waals surface area contributed by atoms with E-state index < -0.39 is 0 Å². The monoisotopic (exact) mass is 288 g/mol. The summed E-state index contributed by atoms with van der Waals surface area (Å²) in [5.41, 5.74) is 0.802. The van der Waals surface area contributed by atoms with Crippen molar-refractivity contribution < 1.29 is 14.3 Å². The predicted octanol–water partition coefficient (Wildman–Crippen LogP) is 2.65. The highest BCUT2D eigenvalue weighted by atomic mass is 32.2. The maximum absolute atomic E-state index is 11.9. The van der Waals surface area contributed by atoms with Gasteiger partial charge in [0.15, 0.2) is 6.61 Å². The van der Waals surface area contributed by atoms with E-state index in [1.807, 2.05) is 6.07 Å². The standard InChI is InChI=1S/C14H12N2O3S/c1-2-16-13(17)12(20-14(16)18)9-10-3-5-11(6-4-10)19-8-7-15/h3-6,9H,2,8H2,1H3/b12-9-. The molecule has 5 nitrogen and oxygen atoms in total. The van der Waals surface area contributed by atoms with Gasteiger partial charge in [0.1, 0.15) is 11.8 Å². The molecule has 1 aromatic carbocycles. The quantitative estimate of drug-likeness (QED) is 0.796. The van der Waals surface area contributed by atoms with Crippen molar-refractivity contribution in [3.05, 3.63) is 34.7 Å². The van der Waals surface area contributed by atoms with Crippen molar-refractivity contribution in [3.8, 4) is 11.8 Å². The van der Waals surface area contributed by atoms with Crippen LogP contribution in [0.3, 0.4) is 0 Å². The maximum Gasteiger partial charge on any atom is 0.293 e. The van der Waals surface area contributed by atoms with Crippen LogP contribution in [0.2, 0.25) is 0 Å². The molecule has 0 atom stereocenters. The summed E-state index contributed by atoms with van der Waals surface area (Å²) in [4.78, 5) is 25.1. The van der Waals surface area contributed by atoms with Crippen molar-refractivity contribution in [2.75, 3.05) is 13.2 Å². The smallest absolute Gasteiger partial charge is 0.293 e. The van der Waals surface area contributed by atoms with Gasteiger partial charge < -0.3 is 4.74 Å². The summed E-state index contributed by atoms with van der Waals surface area (Å²) in [6, 6.07) is 8.86. The third kappa shape index (κ3) is 3.00. The van der Waals surface area contributed by atoms with Crippen LogP contribution in [0, 0.1) is 11.3 Å². The summed E-state index contributed by atoms with van der Waals surface area (Å²) in [6.45, 7) is 2.14. The van der Waals surface area contributed by atoms with Crippen LogP contribution in [0.1, 0.15) is 12.5 Å². The van der Waals surface area contributed by atoms with Crippen LogP contribution in [-0.2, 0) is 4.79 Å². The van der Waals surface area contributed by atoms with Crippen molar-refractivity contribution in [2.24, 2.45) is 0 Å². The van der Waals surface area contributed by atoms with Crippen LogP contribution in [0.15, 0.2) is 29.2 Å². The summed E-state index contributed by atoms with van der Waals surface area (Å²) in [7, 11) is 0. The Morgan fingerprint density at radius 1 is 1.35 bits per heavy atom. The molecule has 1 fully saturated rings. The average Bonchev–Trinajstić information content (AvgIpc) is 2.72. The summed E-state index contributed by atoms with van der Waals surface area (Å²) in [5.74, 6) is 0.331. The van der Waals surface area contributed by atoms with E-state index in [1.165, 1.54) is 4.90 Å². The summed E-state index contributed by atoms with van der Waals surface area (Å²) in [5, 5.41) is 8.17. The molecule has 20 heavy (non-hydrogen) atoms. The molecule has 1 saturated heterocycles. The number of likely N-dealkylation sites (N-methyl/N-ethyl adjacent to an activating group) is 1. The molecule has 0 N–H and O–H groups in total. The molecule has 6 heteroatoms. The van der Waals surface area contributed by atoms with Crippen LogP contribution >= 0.6 is 11.8 Å². The number of thioether (sulfide) groups is 1. The molecule has 0 aliphatic carbocycles. The first-order valence-electron chi connectivity index (χ1n) is 6.01. The molecule has 2 rings (SSSR count). The first-order valence-corrected chi connectivity index (χ1v) is 6.82. The van der Waals surface area contributed by atoms with Gasteiger partial charge in [-0.05, 0) is 42.5 Å². The Balaban J connectivity index is 2.14. The van der Waals surface area contributed by atoms with E-state index >= 15 is 0 Å². The van der Waals surface area contributed by atoms with Gasteiger partial charge in [0, 0.05) is 6.54 Å². The molecule has 1 aromatic rings. The van der Waals surface area contributed by atoms with Crippen LogP contribution in [-0.4, -0.2) is 29.2 Å². The van der Waals surface area contributed by atoms with Gasteiger partial charge in [-0.3, -0.25) is 14.5 Å². The van der Waals surface area contributed by atoms with Crippen LogP contribution in [0.25, 0.3) is 6.08 Å². The Morgan fingerprint density at radius 3 is 2.60 bits per heavy atom. The number of amides is 2. The highest BCUT2D eigenvalue weighted by Gasteiger charge is 2.33. The minimum absolute atomic E-state index is 0.00522. The fraction of sp³-hybridized carbons (Fsp3) is 0.214. The molecule has 0 saturated carbocycles. The summed E-state index contributed by atoms with van der Waals surface area (Å²) < 4.78 is 5.14. The minimum atomic E-state index is -0.257. The predicted molar refractivity (Wildman–Crippen MR) is 75.9 cm³/mol. The Kier molecular flexibility index (Phi) is 4.43. The van der Waals surface area contributed by atoms with Crippen LogP contribution < -0.4 is 4.74 Å². The molecule has 1 aliphatic heterocycles. The number of nitriles is 1. The highest BCUT2D eigenvalue weighted by molar-refractivity contribution is 8.18. The zero-order valence-corrected chi connectivity index (χ0v) is 11.6. The number of imide groups is 1. The third-order valence-electron chi connectivity index (χ3n) is 2.67. The fourth-order valence-corrected chi connectivity index (χ4v) is 2.60. The van der Waals surface area contributed by atoms with E-state index in [1.54, 1.807) is 37.3 Å². The number of ether oxygens (including phenoxy) is 1. The van der Waals surface area contributed by atoms with Gasteiger partial charge in [0.05, 0.1) is 4.91 Å². The summed E-state index contributed by atoms with van der Waals surface area (Å²) in [6.07, 6.45) is 1.68. The highest BCUT2D eigenvalue weighted by Crippen LogP contribution is 2.32. The molecule has 102 valence electrons.